The lowest BCUT2D eigenvalue weighted by atomic mass is 9.91. The lowest BCUT2D eigenvalue weighted by molar-refractivity contribution is -0.136. The summed E-state index contributed by atoms with van der Waals surface area (Å²) < 4.78 is 59.6. The van der Waals surface area contributed by atoms with Crippen LogP contribution >= 0.6 is 0 Å². The topological polar surface area (TPSA) is 137 Å². The number of piperazine rings is 1. The van der Waals surface area contributed by atoms with E-state index in [0.29, 0.717) is 66.9 Å². The molecule has 3 amide bonds. The second kappa shape index (κ2) is 13.5. The van der Waals surface area contributed by atoms with Crippen molar-refractivity contribution in [2.24, 2.45) is 23.7 Å². The number of rotatable bonds is 7. The standard InChI is InChI=1S/C40H43F4N9O4/c41-23-9-27(36(55)31(42)10-23)32-12-34-37(48-47-32)45-13-25-16-49(7-8-52(25)34)17-28-29-18-50(19-30(28)29)15-22-5-6-51(20-40(22,43)44)24-2-1-21-14-53(39(57)26(21)11-24)33-3-4-35(54)46-38(33)56/h1-2,9-12,22,25,28-30,33,55H,3-8,13-20H2,(H,45,48)(H,46,54,56)/t22?,25-,28-,29+,30-,33?/m0/s1. The fourth-order valence-corrected chi connectivity index (χ4v) is 10.3. The Morgan fingerprint density at radius 2 is 1.70 bits per heavy atom. The Labute approximate surface area is 326 Å². The van der Waals surface area contributed by atoms with Gasteiger partial charge in [0.1, 0.15) is 11.9 Å². The first kappa shape index (κ1) is 36.3. The molecule has 2 unspecified atom stereocenters. The van der Waals surface area contributed by atoms with Gasteiger partial charge in [-0.25, -0.2) is 17.6 Å². The smallest absolute Gasteiger partial charge is 0.269 e. The summed E-state index contributed by atoms with van der Waals surface area (Å²) in [5.41, 5.74) is 2.65. The number of benzene rings is 2. The van der Waals surface area contributed by atoms with Crippen molar-refractivity contribution in [3.63, 3.8) is 0 Å². The molecule has 3 N–H and O–H groups in total. The molecular weight excluding hydrogens is 746 g/mol. The van der Waals surface area contributed by atoms with Crippen LogP contribution in [0.1, 0.15) is 35.2 Å². The van der Waals surface area contributed by atoms with Gasteiger partial charge in [-0.1, -0.05) is 6.07 Å². The zero-order valence-electron chi connectivity index (χ0n) is 31.1. The molecule has 57 heavy (non-hydrogen) atoms. The second-order valence-electron chi connectivity index (χ2n) is 16.9. The molecule has 0 bridgehead atoms. The van der Waals surface area contributed by atoms with Crippen molar-refractivity contribution in [2.45, 2.75) is 43.8 Å². The van der Waals surface area contributed by atoms with E-state index in [2.05, 4.69) is 35.5 Å². The number of carbonyl (C=O) groups excluding carboxylic acids is 3. The quantitative estimate of drug-likeness (QED) is 0.241. The zero-order valence-corrected chi connectivity index (χ0v) is 31.1. The minimum atomic E-state index is -2.90. The number of imide groups is 1. The monoisotopic (exact) mass is 789 g/mol. The Morgan fingerprint density at radius 3 is 2.49 bits per heavy atom. The van der Waals surface area contributed by atoms with Crippen LogP contribution < -0.4 is 20.4 Å². The number of fused-ring (bicyclic) bond motifs is 5. The molecule has 1 aliphatic carbocycles. The van der Waals surface area contributed by atoms with Crippen molar-refractivity contribution >= 4 is 34.9 Å². The lowest BCUT2D eigenvalue weighted by Gasteiger charge is -2.46. The molecule has 5 fully saturated rings. The van der Waals surface area contributed by atoms with Gasteiger partial charge in [-0.2, -0.15) is 0 Å². The van der Waals surface area contributed by atoms with E-state index in [1.165, 1.54) is 4.90 Å². The number of hydrogen-bond donors (Lipinski definition) is 3. The number of halogens is 4. The molecule has 10 rings (SSSR count). The fourth-order valence-electron chi connectivity index (χ4n) is 10.3. The largest absolute Gasteiger partial charge is 0.504 e. The number of phenols is 1. The van der Waals surface area contributed by atoms with Gasteiger partial charge in [0, 0.05) is 101 Å². The van der Waals surface area contributed by atoms with E-state index in [1.807, 2.05) is 0 Å². The van der Waals surface area contributed by atoms with Crippen molar-refractivity contribution in [3.8, 4) is 17.0 Å². The van der Waals surface area contributed by atoms with Crippen LogP contribution in [0.3, 0.4) is 0 Å². The first-order chi connectivity index (χ1) is 27.4. The van der Waals surface area contributed by atoms with E-state index < -0.39 is 47.7 Å². The second-order valence-corrected chi connectivity index (χ2v) is 16.9. The number of anilines is 3. The molecule has 17 heteroatoms. The molecule has 13 nitrogen and oxygen atoms in total. The average molecular weight is 790 g/mol. The predicted molar refractivity (Wildman–Crippen MR) is 200 cm³/mol. The first-order valence-electron chi connectivity index (χ1n) is 19.8. The summed E-state index contributed by atoms with van der Waals surface area (Å²) in [6.07, 6.45) is 0.770. The lowest BCUT2D eigenvalue weighted by Crippen LogP contribution is -2.58. The SMILES string of the molecule is O=C1CCC(N2Cc3ccc(N4CCC(CN5C[C@@H]6[C@H](C5)[C@@H]6CN5CCN6c7cc(-c8cc(F)cc(F)c8O)nnc7NC[C@H]6C5)C(F)(F)C4)cc3C2=O)C(=O)N1. The minimum absolute atomic E-state index is 0.0523. The van der Waals surface area contributed by atoms with Crippen LogP contribution in [0.15, 0.2) is 36.4 Å². The van der Waals surface area contributed by atoms with Gasteiger partial charge in [-0.05, 0) is 60.4 Å². The molecule has 3 aromatic rings. The van der Waals surface area contributed by atoms with E-state index in [1.54, 1.807) is 29.2 Å². The number of likely N-dealkylation sites (tertiary alicyclic amines) is 1. The van der Waals surface area contributed by atoms with E-state index in [-0.39, 0.29) is 48.5 Å². The molecule has 4 saturated heterocycles. The van der Waals surface area contributed by atoms with Gasteiger partial charge in [-0.3, -0.25) is 24.6 Å². The Balaban J connectivity index is 0.710. The highest BCUT2D eigenvalue weighted by Crippen LogP contribution is 2.53. The normalized spacial score (nSPS) is 29.4. The average Bonchev–Trinajstić information content (AvgIpc) is 3.45. The van der Waals surface area contributed by atoms with Crippen LogP contribution in [0.4, 0.5) is 34.8 Å². The van der Waals surface area contributed by atoms with E-state index >= 15 is 8.78 Å². The first-order valence-corrected chi connectivity index (χ1v) is 19.8. The molecule has 300 valence electrons. The molecular formula is C40H43F4N9O4. The zero-order chi connectivity index (χ0) is 39.3. The summed E-state index contributed by atoms with van der Waals surface area (Å²) in [4.78, 5) is 47.4. The van der Waals surface area contributed by atoms with Gasteiger partial charge < -0.3 is 30.0 Å². The fraction of sp³-hybridized carbons (Fsp3) is 0.525. The van der Waals surface area contributed by atoms with Crippen LogP contribution in [0, 0.1) is 35.3 Å². The predicted octanol–water partition coefficient (Wildman–Crippen LogP) is 3.14. The molecule has 7 aliphatic rings. The number of piperidine rings is 3. The molecule has 6 aliphatic heterocycles. The Kier molecular flexibility index (Phi) is 8.62. The van der Waals surface area contributed by atoms with Crippen LogP contribution in [-0.2, 0) is 16.1 Å². The van der Waals surface area contributed by atoms with Crippen LogP contribution in [0.25, 0.3) is 11.3 Å². The third-order valence-corrected chi connectivity index (χ3v) is 13.5. The molecule has 1 saturated carbocycles. The van der Waals surface area contributed by atoms with Gasteiger partial charge in [-0.15, -0.1) is 10.2 Å². The molecule has 0 radical (unpaired) electrons. The molecule has 7 heterocycles. The Bertz CT molecular complexity index is 2160. The Morgan fingerprint density at radius 1 is 0.877 bits per heavy atom. The maximum absolute atomic E-state index is 15.8. The molecule has 2 aromatic carbocycles. The van der Waals surface area contributed by atoms with Crippen molar-refractivity contribution in [2.75, 3.05) is 80.6 Å². The third-order valence-electron chi connectivity index (χ3n) is 13.5. The molecule has 1 aromatic heterocycles. The van der Waals surface area contributed by atoms with Crippen LogP contribution in [0.2, 0.25) is 0 Å². The van der Waals surface area contributed by atoms with Gasteiger partial charge >= 0.3 is 0 Å². The summed E-state index contributed by atoms with van der Waals surface area (Å²) in [6.45, 7) is 6.32. The number of amides is 3. The van der Waals surface area contributed by atoms with E-state index in [9.17, 15) is 28.3 Å². The summed E-state index contributed by atoms with van der Waals surface area (Å²) in [5, 5.41) is 24.3. The van der Waals surface area contributed by atoms with E-state index in [4.69, 9.17) is 0 Å². The summed E-state index contributed by atoms with van der Waals surface area (Å²) >= 11 is 0. The summed E-state index contributed by atoms with van der Waals surface area (Å²) in [6, 6.07) is 8.05. The maximum Gasteiger partial charge on any atom is 0.269 e. The number of hydrogen-bond acceptors (Lipinski definition) is 11. The van der Waals surface area contributed by atoms with Gasteiger partial charge in [0.15, 0.2) is 17.4 Å². The van der Waals surface area contributed by atoms with Crippen molar-refractivity contribution < 1.29 is 37.1 Å². The molecule has 6 atom stereocenters. The number of carbonyl (C=O) groups is 3. The number of nitrogens with zero attached hydrogens (tertiary/aromatic N) is 7. The number of phenolic OH excluding ortho intramolecular Hbond substituents is 1. The number of aromatic hydroxyl groups is 1. The summed E-state index contributed by atoms with van der Waals surface area (Å²) in [7, 11) is 0. The van der Waals surface area contributed by atoms with Crippen molar-refractivity contribution in [3.05, 3.63) is 59.2 Å². The summed E-state index contributed by atoms with van der Waals surface area (Å²) in [5.74, 6) is -5.22. The highest BCUT2D eigenvalue weighted by atomic mass is 19.3. The van der Waals surface area contributed by atoms with Crippen LogP contribution in [0.5, 0.6) is 5.75 Å². The third kappa shape index (κ3) is 6.42. The molecule has 0 spiro atoms. The number of nitrogens with one attached hydrogen (secondary N) is 2. The van der Waals surface area contributed by atoms with E-state index in [0.717, 1.165) is 56.6 Å². The van der Waals surface area contributed by atoms with Gasteiger partial charge in [0.05, 0.1) is 24.0 Å². The van der Waals surface area contributed by atoms with Gasteiger partial charge in [0.25, 0.3) is 11.8 Å². The minimum Gasteiger partial charge on any atom is -0.504 e. The number of aromatic nitrogens is 2. The number of alkyl halides is 2. The van der Waals surface area contributed by atoms with Gasteiger partial charge in [0.2, 0.25) is 11.8 Å². The highest BCUT2D eigenvalue weighted by Gasteiger charge is 2.57. The van der Waals surface area contributed by atoms with Crippen LogP contribution in [-0.4, -0.2) is 131 Å². The van der Waals surface area contributed by atoms with Crippen molar-refractivity contribution in [1.29, 1.82) is 0 Å². The maximum atomic E-state index is 15.8. The highest BCUT2D eigenvalue weighted by molar-refractivity contribution is 6.05. The van der Waals surface area contributed by atoms with Crippen molar-refractivity contribution in [1.82, 2.24) is 30.2 Å². The Hall–Kier alpha value is -5.03.